The van der Waals surface area contributed by atoms with E-state index in [-0.39, 0.29) is 49.2 Å². The highest BCUT2D eigenvalue weighted by Gasteiger charge is 2.11. The number of nitrogens with two attached hydrogens (primary N) is 1. The molecule has 5 N–H and O–H groups in total. The largest absolute Gasteiger partial charge is 0.398 e. The molecule has 0 aliphatic rings. The van der Waals surface area contributed by atoms with Gasteiger partial charge < -0.3 is 21.8 Å². The number of halogens is 1. The van der Waals surface area contributed by atoms with Crippen LogP contribution in [0.15, 0.2) is 42.3 Å². The number of carbonyl (C=O) groups is 2. The van der Waals surface area contributed by atoms with Crippen molar-refractivity contribution < 1.29 is 14.0 Å². The first-order chi connectivity index (χ1) is 13.4. The Morgan fingerprint density at radius 3 is 2.50 bits per heavy atom. The summed E-state index contributed by atoms with van der Waals surface area (Å²) in [5.41, 5.74) is 7.35. The van der Waals surface area contributed by atoms with Crippen molar-refractivity contribution >= 4 is 23.2 Å². The molecule has 0 unspecified atom stereocenters. The molecule has 0 aliphatic heterocycles. The summed E-state index contributed by atoms with van der Waals surface area (Å²) >= 11 is 0. The maximum absolute atomic E-state index is 13.0. The lowest BCUT2D eigenvalue weighted by molar-refractivity contribution is -0.120. The zero-order chi connectivity index (χ0) is 21.5. The van der Waals surface area contributed by atoms with Gasteiger partial charge in [-0.15, -0.1) is 12.8 Å². The molecule has 2 amide bonds. The molecule has 0 atom stereocenters. The van der Waals surface area contributed by atoms with Crippen LogP contribution in [0.25, 0.3) is 0 Å². The lowest BCUT2D eigenvalue weighted by Gasteiger charge is -2.10. The van der Waals surface area contributed by atoms with Crippen LogP contribution in [-0.2, 0) is 4.79 Å². The van der Waals surface area contributed by atoms with Gasteiger partial charge in [0.1, 0.15) is 0 Å². The maximum Gasteiger partial charge on any atom is 0.251 e. The number of terminal acetylenes is 1. The van der Waals surface area contributed by atoms with Crippen molar-refractivity contribution in [3.63, 3.8) is 0 Å². The molecule has 0 aromatic heterocycles. The summed E-state index contributed by atoms with van der Waals surface area (Å²) in [5, 5.41) is 13.3. The van der Waals surface area contributed by atoms with Gasteiger partial charge in [-0.05, 0) is 25.1 Å². The minimum absolute atomic E-state index is 0.161. The normalized spacial score (nSPS) is 10.7. The fourth-order valence-corrected chi connectivity index (χ4v) is 2.10. The number of nitrogens with one attached hydrogen (secondary N) is 3. The molecule has 7 heteroatoms. The third-order valence-corrected chi connectivity index (χ3v) is 3.67. The highest BCUT2D eigenvalue weighted by atomic mass is 19.1. The van der Waals surface area contributed by atoms with Gasteiger partial charge in [-0.2, -0.15) is 0 Å². The summed E-state index contributed by atoms with van der Waals surface area (Å²) in [7, 11) is 1.53. The molecule has 1 aromatic carbocycles. The Bertz CT molecular complexity index is 767. The van der Waals surface area contributed by atoms with E-state index in [2.05, 4.69) is 23.5 Å². The number of anilines is 1. The molecule has 1 aromatic rings. The number of allylic oxidation sites excluding steroid dienone is 4. The SMILES string of the molecule is C#C.C/C=C(/F)C/C=C\CC(=N)c1cc(C(=O)NCCC(=O)NC)ccc1N. The maximum atomic E-state index is 13.0. The van der Waals surface area contributed by atoms with E-state index in [0.29, 0.717) is 16.8 Å². The number of nitrogen functional groups attached to an aromatic ring is 1. The van der Waals surface area contributed by atoms with Gasteiger partial charge in [-0.1, -0.05) is 18.2 Å². The van der Waals surface area contributed by atoms with Crippen LogP contribution >= 0.6 is 0 Å². The van der Waals surface area contributed by atoms with Gasteiger partial charge in [0.05, 0.1) is 5.83 Å². The highest BCUT2D eigenvalue weighted by molar-refractivity contribution is 6.06. The van der Waals surface area contributed by atoms with E-state index in [4.69, 9.17) is 11.1 Å². The van der Waals surface area contributed by atoms with Crippen molar-refractivity contribution in [3.8, 4) is 12.8 Å². The molecule has 0 saturated carbocycles. The summed E-state index contributed by atoms with van der Waals surface area (Å²) in [6, 6.07) is 4.69. The molecular weight excluding hydrogens is 359 g/mol. The second-order valence-corrected chi connectivity index (χ2v) is 5.57. The number of hydrogen-bond donors (Lipinski definition) is 4. The van der Waals surface area contributed by atoms with Crippen molar-refractivity contribution in [2.75, 3.05) is 19.3 Å². The first kappa shape index (κ1) is 24.6. The van der Waals surface area contributed by atoms with Gasteiger partial charge in [-0.3, -0.25) is 9.59 Å². The van der Waals surface area contributed by atoms with Crippen LogP contribution in [0.5, 0.6) is 0 Å². The van der Waals surface area contributed by atoms with Gasteiger partial charge in [0.15, 0.2) is 0 Å². The predicted molar refractivity (Wildman–Crippen MR) is 112 cm³/mol. The average Bonchev–Trinajstić information content (AvgIpc) is 2.72. The molecule has 1 rings (SSSR count). The van der Waals surface area contributed by atoms with E-state index in [9.17, 15) is 14.0 Å². The van der Waals surface area contributed by atoms with Crippen molar-refractivity contribution in [1.29, 1.82) is 5.41 Å². The quantitative estimate of drug-likeness (QED) is 0.227. The summed E-state index contributed by atoms with van der Waals surface area (Å²) in [6.07, 6.45) is 13.4. The van der Waals surface area contributed by atoms with Gasteiger partial charge in [0.2, 0.25) is 5.91 Å². The van der Waals surface area contributed by atoms with E-state index < -0.39 is 0 Å². The Labute approximate surface area is 165 Å². The van der Waals surface area contributed by atoms with Crippen LogP contribution in [0.1, 0.15) is 42.1 Å². The lowest BCUT2D eigenvalue weighted by atomic mass is 10.0. The van der Waals surface area contributed by atoms with Crippen LogP contribution in [0, 0.1) is 18.3 Å². The fraction of sp³-hybridized carbons (Fsp3) is 0.286. The Morgan fingerprint density at radius 1 is 1.25 bits per heavy atom. The smallest absolute Gasteiger partial charge is 0.251 e. The average molecular weight is 386 g/mol. The molecular formula is C21H27FN4O2. The van der Waals surface area contributed by atoms with Crippen molar-refractivity contribution in [3.05, 3.63) is 53.4 Å². The zero-order valence-corrected chi connectivity index (χ0v) is 16.2. The van der Waals surface area contributed by atoms with Crippen LogP contribution in [-0.4, -0.2) is 31.1 Å². The molecule has 6 nitrogen and oxygen atoms in total. The molecule has 0 fully saturated rings. The van der Waals surface area contributed by atoms with Gasteiger partial charge in [0, 0.05) is 55.4 Å². The minimum atomic E-state index is -0.339. The molecule has 150 valence electrons. The summed E-state index contributed by atoms with van der Waals surface area (Å²) < 4.78 is 13.0. The topological polar surface area (TPSA) is 108 Å². The zero-order valence-electron chi connectivity index (χ0n) is 16.2. The second-order valence-electron chi connectivity index (χ2n) is 5.57. The molecule has 0 saturated heterocycles. The molecule has 0 radical (unpaired) electrons. The first-order valence-electron chi connectivity index (χ1n) is 8.64. The minimum Gasteiger partial charge on any atom is -0.398 e. The first-order valence-corrected chi connectivity index (χ1v) is 8.64. The third-order valence-electron chi connectivity index (χ3n) is 3.67. The Kier molecular flexibility index (Phi) is 12.1. The second kappa shape index (κ2) is 13.8. The number of benzene rings is 1. The molecule has 0 spiro atoms. The number of rotatable bonds is 9. The molecule has 0 bridgehead atoms. The molecule has 0 aliphatic carbocycles. The Balaban J connectivity index is 0.00000352. The number of carbonyl (C=O) groups excluding carboxylic acids is 2. The Morgan fingerprint density at radius 2 is 1.89 bits per heavy atom. The van der Waals surface area contributed by atoms with E-state index in [1.54, 1.807) is 37.3 Å². The summed E-state index contributed by atoms with van der Waals surface area (Å²) in [6.45, 7) is 1.84. The van der Waals surface area contributed by atoms with Crippen molar-refractivity contribution in [1.82, 2.24) is 10.6 Å². The van der Waals surface area contributed by atoms with Crippen LogP contribution in [0.4, 0.5) is 10.1 Å². The van der Waals surface area contributed by atoms with E-state index in [1.165, 1.54) is 13.1 Å². The van der Waals surface area contributed by atoms with Gasteiger partial charge in [-0.25, -0.2) is 4.39 Å². The van der Waals surface area contributed by atoms with Crippen molar-refractivity contribution in [2.24, 2.45) is 0 Å². The Hall–Kier alpha value is -3.40. The highest BCUT2D eigenvalue weighted by Crippen LogP contribution is 2.17. The molecule has 0 heterocycles. The van der Waals surface area contributed by atoms with E-state index in [1.807, 2.05) is 0 Å². The third kappa shape index (κ3) is 8.81. The van der Waals surface area contributed by atoms with E-state index >= 15 is 0 Å². The molecule has 28 heavy (non-hydrogen) atoms. The number of amides is 2. The van der Waals surface area contributed by atoms with Crippen molar-refractivity contribution in [2.45, 2.75) is 26.2 Å². The number of hydrogen-bond acceptors (Lipinski definition) is 4. The fourth-order valence-electron chi connectivity index (χ4n) is 2.10. The van der Waals surface area contributed by atoms with Crippen LogP contribution in [0.2, 0.25) is 0 Å². The summed E-state index contributed by atoms with van der Waals surface area (Å²) in [5.74, 6) is -0.734. The van der Waals surface area contributed by atoms with Gasteiger partial charge in [0.25, 0.3) is 5.91 Å². The lowest BCUT2D eigenvalue weighted by Crippen LogP contribution is -2.29. The standard InChI is InChI=1S/C19H25FN4O2.C2H2/c1-3-14(20)6-4-5-7-16(21)15-12-13(8-9-17(15)22)19(26)24-11-10-18(25)23-2;1-2/h3-5,8-9,12,21H,6-7,10-11,22H2,1-2H3,(H,23,25)(H,24,26);1-2H/b5-4-,14-3+,21-16?;. The van der Waals surface area contributed by atoms with Gasteiger partial charge >= 0.3 is 0 Å². The van der Waals surface area contributed by atoms with Crippen LogP contribution < -0.4 is 16.4 Å². The van der Waals surface area contributed by atoms with E-state index in [0.717, 1.165) is 0 Å². The summed E-state index contributed by atoms with van der Waals surface area (Å²) in [4.78, 5) is 23.3. The van der Waals surface area contributed by atoms with Crippen LogP contribution in [0.3, 0.4) is 0 Å². The monoisotopic (exact) mass is 386 g/mol. The predicted octanol–water partition coefficient (Wildman–Crippen LogP) is 2.96.